The van der Waals surface area contributed by atoms with E-state index >= 15 is 0 Å². The van der Waals surface area contributed by atoms with Crippen molar-refractivity contribution in [1.29, 1.82) is 0 Å². The molecule has 0 spiro atoms. The molecule has 21 heavy (non-hydrogen) atoms. The van der Waals surface area contributed by atoms with E-state index < -0.39 is 5.97 Å². The van der Waals surface area contributed by atoms with Crippen molar-refractivity contribution in [2.24, 2.45) is 0 Å². The number of carbonyl (C=O) groups is 2. The van der Waals surface area contributed by atoms with E-state index in [2.05, 4.69) is 0 Å². The Bertz CT molecular complexity index is 492. The van der Waals surface area contributed by atoms with Crippen LogP contribution in [0.4, 0.5) is 0 Å². The molecule has 6 heteroatoms. The van der Waals surface area contributed by atoms with Gasteiger partial charge in [-0.05, 0) is 32.6 Å². The normalized spacial score (nSPS) is 10.7. The van der Waals surface area contributed by atoms with Crippen LogP contribution >= 0.6 is 11.8 Å². The first-order chi connectivity index (χ1) is 9.90. The van der Waals surface area contributed by atoms with E-state index in [9.17, 15) is 9.59 Å². The molecule has 0 aliphatic heterocycles. The Morgan fingerprint density at radius 3 is 2.43 bits per heavy atom. The highest BCUT2D eigenvalue weighted by Crippen LogP contribution is 2.21. The summed E-state index contributed by atoms with van der Waals surface area (Å²) in [5.74, 6) is -0.874. The number of aryl methyl sites for hydroxylation is 1. The minimum Gasteiger partial charge on any atom is -0.480 e. The molecular weight excluding hydrogens is 288 g/mol. The lowest BCUT2D eigenvalue weighted by molar-refractivity contribution is -0.143. The number of carboxylic acid groups (broad SMARTS) is 1. The van der Waals surface area contributed by atoms with Crippen molar-refractivity contribution in [3.63, 3.8) is 0 Å². The zero-order valence-corrected chi connectivity index (χ0v) is 13.5. The fourth-order valence-corrected chi connectivity index (χ4v) is 2.66. The minimum atomic E-state index is -0.983. The van der Waals surface area contributed by atoms with Gasteiger partial charge >= 0.3 is 5.97 Å². The number of carbonyl (C=O) groups excluding carboxylic acids is 1. The first-order valence-corrected chi connectivity index (χ1v) is 7.71. The molecule has 0 aromatic heterocycles. The number of aliphatic carboxylic acids is 1. The number of amides is 1. The summed E-state index contributed by atoms with van der Waals surface area (Å²) in [5.41, 5.74) is 1.12. The van der Waals surface area contributed by atoms with E-state index in [0.29, 0.717) is 13.1 Å². The van der Waals surface area contributed by atoms with Gasteiger partial charge in [-0.15, -0.1) is 11.8 Å². The van der Waals surface area contributed by atoms with E-state index in [4.69, 9.17) is 5.11 Å². The van der Waals surface area contributed by atoms with Crippen molar-refractivity contribution in [2.45, 2.75) is 11.8 Å². The van der Waals surface area contributed by atoms with Gasteiger partial charge in [0, 0.05) is 18.0 Å². The monoisotopic (exact) mass is 310 g/mol. The van der Waals surface area contributed by atoms with Crippen LogP contribution in [0, 0.1) is 6.92 Å². The Balaban J connectivity index is 2.59. The number of hydrogen-bond acceptors (Lipinski definition) is 4. The third kappa shape index (κ3) is 6.64. The summed E-state index contributed by atoms with van der Waals surface area (Å²) >= 11 is 1.45. The summed E-state index contributed by atoms with van der Waals surface area (Å²) in [4.78, 5) is 27.4. The van der Waals surface area contributed by atoms with Crippen LogP contribution in [0.5, 0.6) is 0 Å². The van der Waals surface area contributed by atoms with E-state index in [0.717, 1.165) is 10.5 Å². The number of likely N-dealkylation sites (N-methyl/N-ethyl adjacent to an activating group) is 1. The van der Waals surface area contributed by atoms with Crippen LogP contribution in [0.2, 0.25) is 0 Å². The molecule has 0 bridgehead atoms. The first kappa shape index (κ1) is 17.5. The molecule has 0 aliphatic carbocycles. The predicted octanol–water partition coefficient (Wildman–Crippen LogP) is 1.56. The van der Waals surface area contributed by atoms with Gasteiger partial charge in [-0.25, -0.2) is 0 Å². The number of carboxylic acids is 1. The molecule has 0 saturated carbocycles. The molecule has 0 aliphatic rings. The lowest BCUT2D eigenvalue weighted by Gasteiger charge is -2.22. The average Bonchev–Trinajstić information content (AvgIpc) is 2.41. The summed E-state index contributed by atoms with van der Waals surface area (Å²) in [6.07, 6.45) is 0. The van der Waals surface area contributed by atoms with Gasteiger partial charge < -0.3 is 14.9 Å². The highest BCUT2D eigenvalue weighted by atomic mass is 32.2. The van der Waals surface area contributed by atoms with Crippen molar-refractivity contribution >= 4 is 23.6 Å². The Morgan fingerprint density at radius 1 is 1.19 bits per heavy atom. The quantitative estimate of drug-likeness (QED) is 0.738. The minimum absolute atomic E-state index is 0.146. The van der Waals surface area contributed by atoms with Gasteiger partial charge in [-0.1, -0.05) is 18.2 Å². The zero-order chi connectivity index (χ0) is 15.8. The standard InChI is InChI=1S/C15H22N2O3S/c1-12-6-4-5-7-13(12)21-11-14(18)17(10-15(19)20)9-8-16(2)3/h4-7H,8-11H2,1-3H3,(H,19,20). The van der Waals surface area contributed by atoms with Gasteiger partial charge in [0.05, 0.1) is 5.75 Å². The maximum absolute atomic E-state index is 12.2. The highest BCUT2D eigenvalue weighted by molar-refractivity contribution is 8.00. The lowest BCUT2D eigenvalue weighted by Crippen LogP contribution is -2.40. The van der Waals surface area contributed by atoms with Crippen molar-refractivity contribution in [3.8, 4) is 0 Å². The second kappa shape index (κ2) is 8.69. The molecule has 116 valence electrons. The Labute approximate surface area is 129 Å². The molecule has 1 aromatic rings. The highest BCUT2D eigenvalue weighted by Gasteiger charge is 2.17. The molecule has 1 N–H and O–H groups in total. The average molecular weight is 310 g/mol. The van der Waals surface area contributed by atoms with Crippen LogP contribution in [0.15, 0.2) is 29.2 Å². The van der Waals surface area contributed by atoms with Crippen molar-refractivity contribution < 1.29 is 14.7 Å². The lowest BCUT2D eigenvalue weighted by atomic mass is 10.2. The van der Waals surface area contributed by atoms with Crippen LogP contribution in [0.3, 0.4) is 0 Å². The zero-order valence-electron chi connectivity index (χ0n) is 12.7. The van der Waals surface area contributed by atoms with Crippen molar-refractivity contribution in [1.82, 2.24) is 9.80 Å². The van der Waals surface area contributed by atoms with Crippen LogP contribution in [0.25, 0.3) is 0 Å². The van der Waals surface area contributed by atoms with Gasteiger partial charge in [0.25, 0.3) is 0 Å². The third-order valence-corrected chi connectivity index (χ3v) is 4.10. The molecule has 1 amide bonds. The molecule has 1 rings (SSSR count). The molecule has 0 radical (unpaired) electrons. The van der Waals surface area contributed by atoms with Crippen LogP contribution in [0.1, 0.15) is 5.56 Å². The first-order valence-electron chi connectivity index (χ1n) is 6.73. The van der Waals surface area contributed by atoms with Crippen LogP contribution in [-0.4, -0.2) is 66.3 Å². The topological polar surface area (TPSA) is 60.9 Å². The van der Waals surface area contributed by atoms with Gasteiger partial charge in [0.15, 0.2) is 0 Å². The number of hydrogen-bond donors (Lipinski definition) is 1. The smallest absolute Gasteiger partial charge is 0.323 e. The molecule has 5 nitrogen and oxygen atoms in total. The summed E-state index contributed by atoms with van der Waals surface area (Å²) in [5, 5.41) is 8.91. The van der Waals surface area contributed by atoms with Gasteiger partial charge in [-0.2, -0.15) is 0 Å². The van der Waals surface area contributed by atoms with E-state index in [1.54, 1.807) is 0 Å². The second-order valence-corrected chi connectivity index (χ2v) is 6.08. The van der Waals surface area contributed by atoms with Gasteiger partial charge in [0.1, 0.15) is 6.54 Å². The number of benzene rings is 1. The summed E-state index contributed by atoms with van der Waals surface area (Å²) in [7, 11) is 3.79. The molecule has 0 unspecified atom stereocenters. The van der Waals surface area contributed by atoms with Crippen LogP contribution in [-0.2, 0) is 9.59 Å². The maximum atomic E-state index is 12.2. The van der Waals surface area contributed by atoms with E-state index in [-0.39, 0.29) is 18.2 Å². The molecule has 0 heterocycles. The fourth-order valence-electron chi connectivity index (χ4n) is 1.73. The van der Waals surface area contributed by atoms with E-state index in [1.807, 2.05) is 50.2 Å². The summed E-state index contributed by atoms with van der Waals surface area (Å²) in [6.45, 7) is 2.81. The third-order valence-electron chi connectivity index (χ3n) is 2.94. The summed E-state index contributed by atoms with van der Waals surface area (Å²) < 4.78 is 0. The van der Waals surface area contributed by atoms with Crippen LogP contribution < -0.4 is 0 Å². The number of nitrogens with zero attached hydrogens (tertiary/aromatic N) is 2. The SMILES string of the molecule is Cc1ccccc1SCC(=O)N(CCN(C)C)CC(=O)O. The van der Waals surface area contributed by atoms with Gasteiger partial charge in [0.2, 0.25) is 5.91 Å². The van der Waals surface area contributed by atoms with Crippen molar-refractivity contribution in [2.75, 3.05) is 39.5 Å². The summed E-state index contributed by atoms with van der Waals surface area (Å²) in [6, 6.07) is 7.85. The maximum Gasteiger partial charge on any atom is 0.323 e. The van der Waals surface area contributed by atoms with Crippen molar-refractivity contribution in [3.05, 3.63) is 29.8 Å². The Morgan fingerprint density at radius 2 is 1.86 bits per heavy atom. The predicted molar refractivity (Wildman–Crippen MR) is 84.7 cm³/mol. The number of thioether (sulfide) groups is 1. The van der Waals surface area contributed by atoms with Gasteiger partial charge in [-0.3, -0.25) is 9.59 Å². The second-order valence-electron chi connectivity index (χ2n) is 5.07. The van der Waals surface area contributed by atoms with E-state index in [1.165, 1.54) is 16.7 Å². The molecule has 0 atom stereocenters. The number of rotatable bonds is 8. The molecule has 0 fully saturated rings. The Kier molecular flexibility index (Phi) is 7.25. The molecule has 0 saturated heterocycles. The molecular formula is C15H22N2O3S. The molecule has 1 aromatic carbocycles. The Hall–Kier alpha value is -1.53. The fraction of sp³-hybridized carbons (Fsp3) is 0.467. The largest absolute Gasteiger partial charge is 0.480 e.